The number of rotatable bonds is 9. The van der Waals surface area contributed by atoms with Gasteiger partial charge in [0.15, 0.2) is 0 Å². The van der Waals surface area contributed by atoms with Gasteiger partial charge in [0.2, 0.25) is 0 Å². The Morgan fingerprint density at radius 2 is 1.89 bits per heavy atom. The molecule has 2 aromatic rings. The summed E-state index contributed by atoms with van der Waals surface area (Å²) in [5, 5.41) is 13.6. The Hall–Kier alpha value is -2.04. The highest BCUT2D eigenvalue weighted by Gasteiger charge is 2.15. The Kier molecular flexibility index (Phi) is 7.90. The number of aryl methyl sites for hydroxylation is 2. The Morgan fingerprint density at radius 1 is 1.18 bits per heavy atom. The number of nitrogens with one attached hydrogen (secondary N) is 1. The van der Waals surface area contributed by atoms with Gasteiger partial charge >= 0.3 is 5.97 Å². The van der Waals surface area contributed by atoms with Crippen molar-refractivity contribution < 1.29 is 9.90 Å². The Labute approximate surface area is 173 Å². The first-order chi connectivity index (χ1) is 13.2. The van der Waals surface area contributed by atoms with Crippen LogP contribution in [0.5, 0.6) is 0 Å². The third-order valence-electron chi connectivity index (χ3n) is 5.08. The summed E-state index contributed by atoms with van der Waals surface area (Å²) in [5.74, 6) is -1.15. The number of hydrogen-bond acceptors (Lipinski definition) is 3. The van der Waals surface area contributed by atoms with E-state index in [0.717, 1.165) is 28.3 Å². The molecule has 0 saturated carbocycles. The van der Waals surface area contributed by atoms with Crippen molar-refractivity contribution in [2.75, 3.05) is 18.9 Å². The van der Waals surface area contributed by atoms with Crippen LogP contribution in [-0.2, 0) is 11.3 Å². The zero-order valence-electron chi connectivity index (χ0n) is 17.4. The van der Waals surface area contributed by atoms with Crippen LogP contribution in [0, 0.1) is 19.8 Å². The van der Waals surface area contributed by atoms with Crippen LogP contribution in [0.1, 0.15) is 48.6 Å². The van der Waals surface area contributed by atoms with Crippen LogP contribution in [0.25, 0.3) is 0 Å². The molecule has 0 aliphatic heterocycles. The molecule has 0 amide bonds. The lowest BCUT2D eigenvalue weighted by Crippen LogP contribution is -2.28. The summed E-state index contributed by atoms with van der Waals surface area (Å²) >= 11 is 6.18. The van der Waals surface area contributed by atoms with Crippen molar-refractivity contribution in [1.29, 1.82) is 0 Å². The van der Waals surface area contributed by atoms with Crippen LogP contribution in [0.3, 0.4) is 0 Å². The summed E-state index contributed by atoms with van der Waals surface area (Å²) in [4.78, 5) is 13.1. The first-order valence-corrected chi connectivity index (χ1v) is 10.1. The van der Waals surface area contributed by atoms with Crippen molar-refractivity contribution >= 4 is 23.3 Å². The van der Waals surface area contributed by atoms with Gasteiger partial charge in [-0.25, -0.2) is 0 Å². The predicted octanol–water partition coefficient (Wildman–Crippen LogP) is 5.67. The lowest BCUT2D eigenvalue weighted by atomic mass is 10.0. The largest absolute Gasteiger partial charge is 0.481 e. The van der Waals surface area contributed by atoms with Gasteiger partial charge in [-0.15, -0.1) is 0 Å². The second kappa shape index (κ2) is 9.94. The standard InChI is InChI=1S/C23H31ClN2O2/c1-6-21(19-9-10-20(24)16(3)11-19)25-22-12-18(8-7-15(22)2)14-26(5)13-17(4)23(27)28/h7-12,17,21,25H,6,13-14H2,1-5H3,(H,27,28). The maximum atomic E-state index is 11.1. The van der Waals surface area contributed by atoms with E-state index in [2.05, 4.69) is 49.5 Å². The van der Waals surface area contributed by atoms with Gasteiger partial charge in [-0.05, 0) is 61.7 Å². The fourth-order valence-electron chi connectivity index (χ4n) is 3.34. The second-order valence-corrected chi connectivity index (χ2v) is 8.11. The quantitative estimate of drug-likeness (QED) is 0.567. The second-order valence-electron chi connectivity index (χ2n) is 7.70. The van der Waals surface area contributed by atoms with E-state index in [1.165, 1.54) is 11.1 Å². The number of carboxylic acids is 1. The fraction of sp³-hybridized carbons (Fsp3) is 0.435. The van der Waals surface area contributed by atoms with Gasteiger partial charge in [0.05, 0.1) is 12.0 Å². The van der Waals surface area contributed by atoms with Crippen molar-refractivity contribution in [1.82, 2.24) is 4.90 Å². The lowest BCUT2D eigenvalue weighted by molar-refractivity contribution is -0.141. The molecule has 28 heavy (non-hydrogen) atoms. The average molecular weight is 403 g/mol. The molecular formula is C23H31ClN2O2. The van der Waals surface area contributed by atoms with Crippen LogP contribution in [0.15, 0.2) is 36.4 Å². The molecule has 0 aliphatic carbocycles. The van der Waals surface area contributed by atoms with E-state index in [1.54, 1.807) is 6.92 Å². The van der Waals surface area contributed by atoms with Crippen LogP contribution in [-0.4, -0.2) is 29.6 Å². The first-order valence-electron chi connectivity index (χ1n) is 9.74. The van der Waals surface area contributed by atoms with Crippen molar-refractivity contribution in [3.63, 3.8) is 0 Å². The molecule has 4 nitrogen and oxygen atoms in total. The van der Waals surface area contributed by atoms with Gasteiger partial charge < -0.3 is 15.3 Å². The normalized spacial score (nSPS) is 13.4. The van der Waals surface area contributed by atoms with E-state index in [0.29, 0.717) is 13.1 Å². The number of halogens is 1. The summed E-state index contributed by atoms with van der Waals surface area (Å²) in [6, 6.07) is 12.8. The Morgan fingerprint density at radius 3 is 2.50 bits per heavy atom. The molecule has 0 spiro atoms. The van der Waals surface area contributed by atoms with E-state index in [1.807, 2.05) is 24.9 Å². The molecule has 2 aromatic carbocycles. The third-order valence-corrected chi connectivity index (χ3v) is 5.51. The average Bonchev–Trinajstić information content (AvgIpc) is 2.64. The van der Waals surface area contributed by atoms with E-state index in [9.17, 15) is 4.79 Å². The number of aliphatic carboxylic acids is 1. The summed E-state index contributed by atoms with van der Waals surface area (Å²) in [6.07, 6.45) is 0.959. The van der Waals surface area contributed by atoms with Crippen molar-refractivity contribution in [2.45, 2.75) is 46.7 Å². The first kappa shape index (κ1) is 22.3. The highest BCUT2D eigenvalue weighted by molar-refractivity contribution is 6.31. The minimum absolute atomic E-state index is 0.203. The summed E-state index contributed by atoms with van der Waals surface area (Å²) in [6.45, 7) is 9.26. The number of benzene rings is 2. The summed E-state index contributed by atoms with van der Waals surface area (Å²) in [5.41, 5.74) is 5.77. The van der Waals surface area contributed by atoms with Crippen LogP contribution >= 0.6 is 11.6 Å². The van der Waals surface area contributed by atoms with E-state index in [-0.39, 0.29) is 12.0 Å². The van der Waals surface area contributed by atoms with Gasteiger partial charge in [0, 0.05) is 23.8 Å². The molecule has 2 atom stereocenters. The molecule has 5 heteroatoms. The molecule has 0 fully saturated rings. The van der Waals surface area contributed by atoms with E-state index < -0.39 is 5.97 Å². The molecule has 0 aromatic heterocycles. The minimum atomic E-state index is -0.762. The van der Waals surface area contributed by atoms with Crippen LogP contribution in [0.4, 0.5) is 5.69 Å². The number of nitrogens with zero attached hydrogens (tertiary/aromatic N) is 1. The third kappa shape index (κ3) is 5.98. The van der Waals surface area contributed by atoms with Gasteiger partial charge in [0.1, 0.15) is 0 Å². The molecule has 2 rings (SSSR count). The number of anilines is 1. The SMILES string of the molecule is CCC(Nc1cc(CN(C)CC(C)C(=O)O)ccc1C)c1ccc(Cl)c(C)c1. The highest BCUT2D eigenvalue weighted by Crippen LogP contribution is 2.28. The smallest absolute Gasteiger partial charge is 0.307 e. The van der Waals surface area contributed by atoms with Gasteiger partial charge in [-0.3, -0.25) is 4.79 Å². The van der Waals surface area contributed by atoms with Crippen LogP contribution in [0.2, 0.25) is 5.02 Å². The number of carboxylic acid groups (broad SMARTS) is 1. The molecular weight excluding hydrogens is 372 g/mol. The monoisotopic (exact) mass is 402 g/mol. The van der Waals surface area contributed by atoms with Crippen LogP contribution < -0.4 is 5.32 Å². The zero-order chi connectivity index (χ0) is 20.8. The molecule has 0 saturated heterocycles. The number of hydrogen-bond donors (Lipinski definition) is 2. The maximum absolute atomic E-state index is 11.1. The lowest BCUT2D eigenvalue weighted by Gasteiger charge is -2.23. The molecule has 2 N–H and O–H groups in total. The topological polar surface area (TPSA) is 52.6 Å². The molecule has 2 unspecified atom stereocenters. The molecule has 0 bridgehead atoms. The van der Waals surface area contributed by atoms with Gasteiger partial charge in [0.25, 0.3) is 0 Å². The Balaban J connectivity index is 2.15. The minimum Gasteiger partial charge on any atom is -0.481 e. The zero-order valence-corrected chi connectivity index (χ0v) is 18.2. The summed E-state index contributed by atoms with van der Waals surface area (Å²) in [7, 11) is 1.96. The predicted molar refractivity (Wildman–Crippen MR) is 117 cm³/mol. The fourth-order valence-corrected chi connectivity index (χ4v) is 3.46. The van der Waals surface area contributed by atoms with Gasteiger partial charge in [-0.2, -0.15) is 0 Å². The highest BCUT2D eigenvalue weighted by atomic mass is 35.5. The molecule has 0 heterocycles. The van der Waals surface area contributed by atoms with E-state index >= 15 is 0 Å². The van der Waals surface area contributed by atoms with Crippen molar-refractivity contribution in [3.05, 3.63) is 63.7 Å². The summed E-state index contributed by atoms with van der Waals surface area (Å²) < 4.78 is 0. The maximum Gasteiger partial charge on any atom is 0.307 e. The van der Waals surface area contributed by atoms with E-state index in [4.69, 9.17) is 16.7 Å². The van der Waals surface area contributed by atoms with Crippen molar-refractivity contribution in [2.24, 2.45) is 5.92 Å². The molecule has 0 radical (unpaired) electrons. The van der Waals surface area contributed by atoms with Crippen molar-refractivity contribution in [3.8, 4) is 0 Å². The Bertz CT molecular complexity index is 822. The van der Waals surface area contributed by atoms with Gasteiger partial charge in [-0.1, -0.05) is 49.7 Å². The number of carbonyl (C=O) groups is 1. The molecule has 0 aliphatic rings. The molecule has 152 valence electrons.